The van der Waals surface area contributed by atoms with E-state index in [1.165, 1.54) is 24.6 Å². The Morgan fingerprint density at radius 2 is 1.81 bits per heavy atom. The largest absolute Gasteiger partial charge is 0.412 e. The standard InChI is InChI=1S/C23H44O3Si/c1-8-27(9-2,10-3)26-22(5,6)16-17-25-18(4)19-13-14-20-21(24)12-11-15-23(19,20)7/h18-20H,8-17H2,1-7H3/t18-,19?,20?,23?/m1/s1. The second kappa shape index (κ2) is 9.09. The number of fused-ring (bicyclic) bond motifs is 1. The molecule has 0 spiro atoms. The van der Waals surface area contributed by atoms with E-state index in [2.05, 4.69) is 48.5 Å². The number of rotatable bonds is 10. The molecule has 0 saturated heterocycles. The summed E-state index contributed by atoms with van der Waals surface area (Å²) >= 11 is 0. The van der Waals surface area contributed by atoms with Gasteiger partial charge in [0.15, 0.2) is 8.32 Å². The molecule has 0 bridgehead atoms. The zero-order valence-corrected chi connectivity index (χ0v) is 20.0. The number of hydrogen-bond donors (Lipinski definition) is 0. The Labute approximate surface area is 169 Å². The molecule has 4 atom stereocenters. The molecule has 2 fully saturated rings. The molecular formula is C23H44O3Si. The first-order valence-electron chi connectivity index (χ1n) is 11.5. The van der Waals surface area contributed by atoms with Crippen molar-refractivity contribution in [3.05, 3.63) is 0 Å². The van der Waals surface area contributed by atoms with Crippen molar-refractivity contribution in [2.45, 2.75) is 117 Å². The minimum Gasteiger partial charge on any atom is -0.412 e. The van der Waals surface area contributed by atoms with Gasteiger partial charge in [0.05, 0.1) is 11.7 Å². The normalized spacial score (nSPS) is 30.4. The minimum absolute atomic E-state index is 0.114. The van der Waals surface area contributed by atoms with E-state index in [4.69, 9.17) is 9.16 Å². The predicted octanol–water partition coefficient (Wildman–Crippen LogP) is 6.37. The van der Waals surface area contributed by atoms with Gasteiger partial charge in [-0.05, 0) is 82.3 Å². The molecule has 2 aliphatic carbocycles. The summed E-state index contributed by atoms with van der Waals surface area (Å²) in [6.45, 7) is 16.7. The highest BCUT2D eigenvalue weighted by molar-refractivity contribution is 6.73. The zero-order chi connectivity index (χ0) is 20.3. The summed E-state index contributed by atoms with van der Waals surface area (Å²) in [4.78, 5) is 12.4. The highest BCUT2D eigenvalue weighted by atomic mass is 28.4. The van der Waals surface area contributed by atoms with E-state index in [9.17, 15) is 4.79 Å². The van der Waals surface area contributed by atoms with Crippen LogP contribution >= 0.6 is 0 Å². The summed E-state index contributed by atoms with van der Waals surface area (Å²) in [6, 6.07) is 3.57. The van der Waals surface area contributed by atoms with Crippen LogP contribution in [0.5, 0.6) is 0 Å². The smallest absolute Gasteiger partial charge is 0.192 e. The van der Waals surface area contributed by atoms with Gasteiger partial charge in [-0.2, -0.15) is 0 Å². The van der Waals surface area contributed by atoms with Gasteiger partial charge in [0.25, 0.3) is 0 Å². The maximum atomic E-state index is 12.4. The first kappa shape index (κ1) is 23.1. The summed E-state index contributed by atoms with van der Waals surface area (Å²) in [6.07, 6.45) is 6.43. The molecule has 2 rings (SSSR count). The molecule has 0 aromatic heterocycles. The van der Waals surface area contributed by atoms with Crippen molar-refractivity contribution in [3.8, 4) is 0 Å². The van der Waals surface area contributed by atoms with Crippen molar-refractivity contribution in [2.24, 2.45) is 17.3 Å². The lowest BCUT2D eigenvalue weighted by Crippen LogP contribution is -2.45. The molecule has 0 aromatic carbocycles. The van der Waals surface area contributed by atoms with Crippen LogP contribution in [-0.2, 0) is 14.0 Å². The SMILES string of the molecule is CC[Si](CC)(CC)OC(C)(C)CCO[C@H](C)C1CCC2C(=O)CCCC21C. The minimum atomic E-state index is -1.59. The highest BCUT2D eigenvalue weighted by Gasteiger charge is 2.52. The molecule has 158 valence electrons. The van der Waals surface area contributed by atoms with Crippen molar-refractivity contribution >= 4 is 14.1 Å². The summed E-state index contributed by atoms with van der Waals surface area (Å²) in [7, 11) is -1.59. The maximum absolute atomic E-state index is 12.4. The van der Waals surface area contributed by atoms with Crippen LogP contribution in [0.25, 0.3) is 0 Å². The predicted molar refractivity (Wildman–Crippen MR) is 116 cm³/mol. The van der Waals surface area contributed by atoms with Crippen LogP contribution in [0.2, 0.25) is 18.1 Å². The molecule has 4 heteroatoms. The quantitative estimate of drug-likeness (QED) is 0.403. The van der Waals surface area contributed by atoms with Crippen molar-refractivity contribution in [2.75, 3.05) is 6.61 Å². The van der Waals surface area contributed by atoms with Crippen LogP contribution in [0, 0.1) is 17.3 Å². The van der Waals surface area contributed by atoms with Crippen LogP contribution in [0.3, 0.4) is 0 Å². The van der Waals surface area contributed by atoms with Gasteiger partial charge in [0.2, 0.25) is 0 Å². The van der Waals surface area contributed by atoms with Crippen LogP contribution < -0.4 is 0 Å². The van der Waals surface area contributed by atoms with E-state index in [0.29, 0.717) is 11.7 Å². The molecule has 0 amide bonds. The Balaban J connectivity index is 1.88. The molecule has 27 heavy (non-hydrogen) atoms. The average molecular weight is 397 g/mol. The third kappa shape index (κ3) is 5.05. The van der Waals surface area contributed by atoms with Crippen molar-refractivity contribution < 1.29 is 14.0 Å². The lowest BCUT2D eigenvalue weighted by molar-refractivity contribution is -0.131. The number of hydrogen-bond acceptors (Lipinski definition) is 3. The number of carbonyl (C=O) groups excluding carboxylic acids is 1. The first-order valence-corrected chi connectivity index (χ1v) is 14.0. The van der Waals surface area contributed by atoms with Gasteiger partial charge < -0.3 is 9.16 Å². The number of carbonyl (C=O) groups is 1. The van der Waals surface area contributed by atoms with Crippen LogP contribution in [-0.4, -0.2) is 32.4 Å². The van der Waals surface area contributed by atoms with E-state index in [1.54, 1.807) is 0 Å². The third-order valence-corrected chi connectivity index (χ3v) is 12.9. The van der Waals surface area contributed by atoms with Crippen LogP contribution in [0.4, 0.5) is 0 Å². The molecule has 0 aromatic rings. The van der Waals surface area contributed by atoms with E-state index in [1.807, 2.05) is 0 Å². The molecular weight excluding hydrogens is 352 g/mol. The molecule has 2 aliphatic rings. The van der Waals surface area contributed by atoms with Gasteiger partial charge in [-0.3, -0.25) is 4.79 Å². The Morgan fingerprint density at radius 3 is 2.41 bits per heavy atom. The number of ether oxygens (including phenoxy) is 1. The monoisotopic (exact) mass is 396 g/mol. The molecule has 0 aliphatic heterocycles. The Kier molecular flexibility index (Phi) is 7.77. The molecule has 0 radical (unpaired) electrons. The van der Waals surface area contributed by atoms with Gasteiger partial charge in [-0.25, -0.2) is 0 Å². The van der Waals surface area contributed by atoms with Crippen molar-refractivity contribution in [3.63, 3.8) is 0 Å². The second-order valence-corrected chi connectivity index (χ2v) is 14.7. The van der Waals surface area contributed by atoms with Gasteiger partial charge in [-0.15, -0.1) is 0 Å². The number of ketones is 1. The maximum Gasteiger partial charge on any atom is 0.192 e. The lowest BCUT2D eigenvalue weighted by atomic mass is 9.64. The van der Waals surface area contributed by atoms with E-state index in [-0.39, 0.29) is 23.0 Å². The van der Waals surface area contributed by atoms with Crippen molar-refractivity contribution in [1.82, 2.24) is 0 Å². The van der Waals surface area contributed by atoms with Gasteiger partial charge in [0.1, 0.15) is 5.78 Å². The summed E-state index contributed by atoms with van der Waals surface area (Å²) in [5.74, 6) is 1.31. The van der Waals surface area contributed by atoms with Gasteiger partial charge in [-0.1, -0.05) is 27.7 Å². The van der Waals surface area contributed by atoms with Gasteiger partial charge in [0, 0.05) is 18.9 Å². The Morgan fingerprint density at radius 1 is 1.19 bits per heavy atom. The summed E-state index contributed by atoms with van der Waals surface area (Å²) < 4.78 is 13.1. The molecule has 0 heterocycles. The van der Waals surface area contributed by atoms with Crippen LogP contribution in [0.15, 0.2) is 0 Å². The van der Waals surface area contributed by atoms with E-state index < -0.39 is 8.32 Å². The fraction of sp³-hybridized carbons (Fsp3) is 0.957. The molecule has 2 saturated carbocycles. The molecule has 3 unspecified atom stereocenters. The average Bonchev–Trinajstić information content (AvgIpc) is 2.98. The second-order valence-electron chi connectivity index (χ2n) is 9.99. The van der Waals surface area contributed by atoms with E-state index in [0.717, 1.165) is 38.7 Å². The zero-order valence-electron chi connectivity index (χ0n) is 19.0. The fourth-order valence-corrected chi connectivity index (χ4v) is 9.16. The third-order valence-electron chi connectivity index (χ3n) is 8.01. The lowest BCUT2D eigenvalue weighted by Gasteiger charge is -2.42. The topological polar surface area (TPSA) is 35.5 Å². The summed E-state index contributed by atoms with van der Waals surface area (Å²) in [5.41, 5.74) is 0.0480. The van der Waals surface area contributed by atoms with Crippen molar-refractivity contribution in [1.29, 1.82) is 0 Å². The molecule has 3 nitrogen and oxygen atoms in total. The number of Topliss-reactive ketones (excluding diaryl/α,β-unsaturated/α-hetero) is 1. The fourth-order valence-electron chi connectivity index (χ4n) is 5.95. The Hall–Kier alpha value is -0.193. The Bertz CT molecular complexity index is 492. The van der Waals surface area contributed by atoms with Crippen LogP contribution in [0.1, 0.15) is 87.0 Å². The summed E-state index contributed by atoms with van der Waals surface area (Å²) in [5, 5.41) is 0. The van der Waals surface area contributed by atoms with Gasteiger partial charge >= 0.3 is 0 Å². The van der Waals surface area contributed by atoms with E-state index >= 15 is 0 Å². The molecule has 0 N–H and O–H groups in total. The first-order chi connectivity index (χ1) is 12.6. The highest BCUT2D eigenvalue weighted by Crippen LogP contribution is 2.55.